The third-order valence-corrected chi connectivity index (χ3v) is 4.44. The molecule has 5 nitrogen and oxygen atoms in total. The van der Waals surface area contributed by atoms with Gasteiger partial charge in [0.05, 0.1) is 13.2 Å². The molecule has 0 saturated carbocycles. The van der Waals surface area contributed by atoms with E-state index >= 15 is 0 Å². The molecule has 5 heteroatoms. The fraction of sp³-hybridized carbons (Fsp3) is 0.381. The van der Waals surface area contributed by atoms with Crippen LogP contribution in [0.15, 0.2) is 47.5 Å². The first-order chi connectivity index (χ1) is 12.8. The maximum Gasteiger partial charge on any atom is 0.191 e. The van der Waals surface area contributed by atoms with Crippen molar-refractivity contribution < 1.29 is 9.47 Å². The minimum atomic E-state index is 0.672. The average Bonchev–Trinajstić information content (AvgIpc) is 2.93. The monoisotopic (exact) mass is 353 g/mol. The van der Waals surface area contributed by atoms with E-state index in [0.717, 1.165) is 42.4 Å². The Morgan fingerprint density at radius 1 is 0.962 bits per heavy atom. The first-order valence-electron chi connectivity index (χ1n) is 9.20. The highest BCUT2D eigenvalue weighted by Gasteiger charge is 2.11. The highest BCUT2D eigenvalue weighted by Crippen LogP contribution is 2.30. The zero-order valence-corrected chi connectivity index (χ0v) is 15.5. The van der Waals surface area contributed by atoms with Crippen molar-refractivity contribution in [2.45, 2.75) is 32.9 Å². The second kappa shape index (κ2) is 9.13. The average molecular weight is 353 g/mol. The number of aryl methyl sites for hydroxylation is 1. The van der Waals surface area contributed by atoms with Gasteiger partial charge >= 0.3 is 0 Å². The molecule has 1 aliphatic rings. The fourth-order valence-electron chi connectivity index (χ4n) is 2.98. The van der Waals surface area contributed by atoms with E-state index in [2.05, 4.69) is 52.9 Å². The van der Waals surface area contributed by atoms with E-state index in [9.17, 15) is 0 Å². The molecule has 0 saturated heterocycles. The Kier molecular flexibility index (Phi) is 6.36. The van der Waals surface area contributed by atoms with Crippen LogP contribution in [0.1, 0.15) is 30.0 Å². The molecule has 2 N–H and O–H groups in total. The number of nitrogens with one attached hydrogen (secondary N) is 2. The van der Waals surface area contributed by atoms with E-state index in [-0.39, 0.29) is 0 Å². The molecule has 1 aliphatic heterocycles. The van der Waals surface area contributed by atoms with Gasteiger partial charge in [0.15, 0.2) is 17.5 Å². The van der Waals surface area contributed by atoms with Gasteiger partial charge in [-0.1, -0.05) is 37.3 Å². The topological polar surface area (TPSA) is 54.9 Å². The molecule has 1 heterocycles. The Morgan fingerprint density at radius 3 is 2.46 bits per heavy atom. The van der Waals surface area contributed by atoms with Crippen molar-refractivity contribution in [2.75, 3.05) is 20.3 Å². The van der Waals surface area contributed by atoms with Gasteiger partial charge in [0, 0.05) is 26.6 Å². The van der Waals surface area contributed by atoms with Crippen LogP contribution in [-0.4, -0.2) is 26.2 Å². The molecule has 0 unspecified atom stereocenters. The van der Waals surface area contributed by atoms with Crippen LogP contribution in [0.3, 0.4) is 0 Å². The first-order valence-corrected chi connectivity index (χ1v) is 9.20. The third kappa shape index (κ3) is 4.69. The number of rotatable bonds is 5. The second-order valence-corrected chi connectivity index (χ2v) is 6.23. The van der Waals surface area contributed by atoms with Crippen LogP contribution in [0.4, 0.5) is 0 Å². The van der Waals surface area contributed by atoms with Crippen molar-refractivity contribution in [3.8, 4) is 11.5 Å². The van der Waals surface area contributed by atoms with E-state index in [4.69, 9.17) is 9.47 Å². The summed E-state index contributed by atoms with van der Waals surface area (Å²) < 4.78 is 11.4. The molecule has 0 amide bonds. The van der Waals surface area contributed by atoms with E-state index in [1.165, 1.54) is 11.1 Å². The van der Waals surface area contributed by atoms with Crippen LogP contribution >= 0.6 is 0 Å². The molecular weight excluding hydrogens is 326 g/mol. The van der Waals surface area contributed by atoms with Gasteiger partial charge in [-0.05, 0) is 35.2 Å². The van der Waals surface area contributed by atoms with Crippen LogP contribution in [0.5, 0.6) is 11.5 Å². The number of nitrogens with zero attached hydrogens (tertiary/aromatic N) is 1. The van der Waals surface area contributed by atoms with Gasteiger partial charge in [-0.25, -0.2) is 0 Å². The van der Waals surface area contributed by atoms with Crippen molar-refractivity contribution in [1.29, 1.82) is 0 Å². The lowest BCUT2D eigenvalue weighted by Gasteiger charge is -2.14. The Balaban J connectivity index is 1.57. The van der Waals surface area contributed by atoms with Gasteiger partial charge in [0.2, 0.25) is 0 Å². The standard InChI is InChI=1S/C21H27N3O2/c1-3-17-7-4-5-8-18(17)15-24-21(22-2)23-14-16-9-10-19-20(13-16)26-12-6-11-25-19/h4-5,7-10,13H,3,6,11-12,14-15H2,1-2H3,(H2,22,23,24). The maximum atomic E-state index is 5.75. The van der Waals surface area contributed by atoms with E-state index in [1.54, 1.807) is 7.05 Å². The summed E-state index contributed by atoms with van der Waals surface area (Å²) >= 11 is 0. The second-order valence-electron chi connectivity index (χ2n) is 6.23. The summed E-state index contributed by atoms with van der Waals surface area (Å²) in [6.45, 7) is 5.01. The van der Waals surface area contributed by atoms with Crippen LogP contribution in [0.2, 0.25) is 0 Å². The minimum absolute atomic E-state index is 0.672. The molecule has 2 aromatic carbocycles. The summed E-state index contributed by atoms with van der Waals surface area (Å²) in [4.78, 5) is 4.31. The minimum Gasteiger partial charge on any atom is -0.490 e. The fourth-order valence-corrected chi connectivity index (χ4v) is 2.98. The molecule has 0 spiro atoms. The van der Waals surface area contributed by atoms with Crippen molar-refractivity contribution in [3.63, 3.8) is 0 Å². The number of guanidine groups is 1. The van der Waals surface area contributed by atoms with Crippen molar-refractivity contribution in [3.05, 3.63) is 59.2 Å². The summed E-state index contributed by atoms with van der Waals surface area (Å²) in [6, 6.07) is 14.6. The van der Waals surface area contributed by atoms with Gasteiger partial charge in [-0.3, -0.25) is 4.99 Å². The summed E-state index contributed by atoms with van der Waals surface area (Å²) in [6.07, 6.45) is 1.94. The van der Waals surface area contributed by atoms with Gasteiger partial charge < -0.3 is 20.1 Å². The summed E-state index contributed by atoms with van der Waals surface area (Å²) in [5.74, 6) is 2.43. The molecule has 0 bridgehead atoms. The predicted octanol–water partition coefficient (Wildman–Crippen LogP) is 3.28. The van der Waals surface area contributed by atoms with Gasteiger partial charge in [0.25, 0.3) is 0 Å². The molecule has 2 aromatic rings. The van der Waals surface area contributed by atoms with Crippen LogP contribution < -0.4 is 20.1 Å². The number of hydrogen-bond acceptors (Lipinski definition) is 3. The molecule has 138 valence electrons. The molecule has 0 aliphatic carbocycles. The number of fused-ring (bicyclic) bond motifs is 1. The zero-order valence-electron chi connectivity index (χ0n) is 15.5. The molecule has 0 fully saturated rings. The lowest BCUT2D eigenvalue weighted by atomic mass is 10.1. The van der Waals surface area contributed by atoms with Crippen LogP contribution in [-0.2, 0) is 19.5 Å². The van der Waals surface area contributed by atoms with Crippen LogP contribution in [0.25, 0.3) is 0 Å². The van der Waals surface area contributed by atoms with Crippen LogP contribution in [0, 0.1) is 0 Å². The van der Waals surface area contributed by atoms with E-state index < -0.39 is 0 Å². The normalized spacial score (nSPS) is 13.8. The first kappa shape index (κ1) is 18.1. The number of ether oxygens (including phenoxy) is 2. The highest BCUT2D eigenvalue weighted by molar-refractivity contribution is 5.79. The van der Waals surface area contributed by atoms with Gasteiger partial charge in [0.1, 0.15) is 0 Å². The summed E-state index contributed by atoms with van der Waals surface area (Å²) in [5.41, 5.74) is 3.79. The Hall–Kier alpha value is -2.69. The largest absolute Gasteiger partial charge is 0.490 e. The summed E-state index contributed by atoms with van der Waals surface area (Å²) in [7, 11) is 1.79. The quantitative estimate of drug-likeness (QED) is 0.640. The lowest BCUT2D eigenvalue weighted by Crippen LogP contribution is -2.36. The number of benzene rings is 2. The predicted molar refractivity (Wildman–Crippen MR) is 105 cm³/mol. The highest BCUT2D eigenvalue weighted by atomic mass is 16.5. The lowest BCUT2D eigenvalue weighted by molar-refractivity contribution is 0.297. The smallest absolute Gasteiger partial charge is 0.191 e. The summed E-state index contributed by atoms with van der Waals surface area (Å²) in [5, 5.41) is 6.74. The van der Waals surface area contributed by atoms with Crippen molar-refractivity contribution >= 4 is 5.96 Å². The van der Waals surface area contributed by atoms with E-state index in [1.807, 2.05) is 12.1 Å². The SMILES string of the molecule is CCc1ccccc1CNC(=NC)NCc1ccc2c(c1)OCCCO2. The molecule has 0 aromatic heterocycles. The molecule has 26 heavy (non-hydrogen) atoms. The van der Waals surface area contributed by atoms with E-state index in [0.29, 0.717) is 19.8 Å². The Labute approximate surface area is 155 Å². The maximum absolute atomic E-state index is 5.75. The zero-order chi connectivity index (χ0) is 18.2. The van der Waals surface area contributed by atoms with Crippen molar-refractivity contribution in [1.82, 2.24) is 10.6 Å². The van der Waals surface area contributed by atoms with Gasteiger partial charge in [-0.2, -0.15) is 0 Å². The van der Waals surface area contributed by atoms with Gasteiger partial charge in [-0.15, -0.1) is 0 Å². The number of aliphatic imine (C=N–C) groups is 1. The van der Waals surface area contributed by atoms with Crippen molar-refractivity contribution in [2.24, 2.45) is 4.99 Å². The molecule has 0 radical (unpaired) electrons. The molecule has 3 rings (SSSR count). The Bertz CT molecular complexity index is 759. The third-order valence-electron chi connectivity index (χ3n) is 4.44. The number of hydrogen-bond donors (Lipinski definition) is 2. The molecular formula is C21H27N3O2. The Morgan fingerprint density at radius 2 is 1.69 bits per heavy atom. The molecule has 0 atom stereocenters.